The van der Waals surface area contributed by atoms with Crippen LogP contribution < -0.4 is 11.5 Å². The summed E-state index contributed by atoms with van der Waals surface area (Å²) in [6.07, 6.45) is -0.468. The van der Waals surface area contributed by atoms with Crippen molar-refractivity contribution < 1.29 is 14.6 Å². The number of hydrogen-bond donors (Lipinski definition) is 3. The molecule has 0 fully saturated rings. The molecule has 0 bridgehead atoms. The van der Waals surface area contributed by atoms with Crippen LogP contribution in [-0.2, 0) is 4.74 Å². The van der Waals surface area contributed by atoms with Crippen molar-refractivity contribution in [3.05, 3.63) is 29.8 Å². The Morgan fingerprint density at radius 2 is 2.12 bits per heavy atom. The molecule has 0 aliphatic rings. The highest BCUT2D eigenvalue weighted by molar-refractivity contribution is 5.92. The van der Waals surface area contributed by atoms with Crippen molar-refractivity contribution in [2.45, 2.75) is 13.0 Å². The minimum atomic E-state index is -0.610. The summed E-state index contributed by atoms with van der Waals surface area (Å²) in [4.78, 5) is 15.4. The molecule has 6 heteroatoms. The summed E-state index contributed by atoms with van der Waals surface area (Å²) < 4.78 is 5.05. The molecule has 1 aromatic rings. The fraction of sp³-hybridized carbons (Fsp3) is 0.273. The van der Waals surface area contributed by atoms with Crippen LogP contribution in [0.15, 0.2) is 29.3 Å². The fourth-order valence-electron chi connectivity index (χ4n) is 1.16. The molecule has 1 unspecified atom stereocenters. The summed E-state index contributed by atoms with van der Waals surface area (Å²) in [5.74, 6) is -0.789. The average Bonchev–Trinajstić information content (AvgIpc) is 2.26. The van der Waals surface area contributed by atoms with Gasteiger partial charge < -0.3 is 21.3 Å². The third kappa shape index (κ3) is 4.02. The van der Waals surface area contributed by atoms with E-state index in [2.05, 4.69) is 4.99 Å². The second-order valence-electron chi connectivity index (χ2n) is 3.50. The van der Waals surface area contributed by atoms with Gasteiger partial charge >= 0.3 is 5.97 Å². The number of ether oxygens (including phenoxy) is 1. The zero-order valence-electron chi connectivity index (χ0n) is 9.46. The minimum Gasteiger partial charge on any atom is -0.507 e. The van der Waals surface area contributed by atoms with Crippen LogP contribution in [0.2, 0.25) is 0 Å². The molecule has 0 aliphatic carbocycles. The van der Waals surface area contributed by atoms with Crippen LogP contribution >= 0.6 is 0 Å². The summed E-state index contributed by atoms with van der Waals surface area (Å²) in [5.41, 5.74) is 10.4. The third-order valence-corrected chi connectivity index (χ3v) is 1.96. The van der Waals surface area contributed by atoms with E-state index in [9.17, 15) is 9.90 Å². The first-order chi connectivity index (χ1) is 8.00. The Kier molecular flexibility index (Phi) is 4.33. The maximum atomic E-state index is 11.6. The molecule has 0 saturated carbocycles. The molecule has 17 heavy (non-hydrogen) atoms. The van der Waals surface area contributed by atoms with E-state index in [0.29, 0.717) is 0 Å². The molecule has 0 amide bonds. The van der Waals surface area contributed by atoms with Crippen LogP contribution in [0.3, 0.4) is 0 Å². The number of nitrogens with zero attached hydrogens (tertiary/aromatic N) is 1. The first-order valence-electron chi connectivity index (χ1n) is 5.05. The Morgan fingerprint density at radius 3 is 2.71 bits per heavy atom. The van der Waals surface area contributed by atoms with Crippen LogP contribution in [-0.4, -0.2) is 29.7 Å². The van der Waals surface area contributed by atoms with Crippen LogP contribution in [0.1, 0.15) is 17.3 Å². The molecule has 1 rings (SSSR count). The van der Waals surface area contributed by atoms with Gasteiger partial charge in [0.1, 0.15) is 17.4 Å². The molecule has 0 radical (unpaired) electrons. The summed E-state index contributed by atoms with van der Waals surface area (Å²) in [6.45, 7) is 1.84. The van der Waals surface area contributed by atoms with Gasteiger partial charge in [0.15, 0.2) is 5.96 Å². The molecule has 0 saturated heterocycles. The largest absolute Gasteiger partial charge is 0.507 e. The van der Waals surface area contributed by atoms with E-state index in [1.165, 1.54) is 12.1 Å². The minimum absolute atomic E-state index is 0.0598. The Labute approximate surface area is 98.9 Å². The number of aromatic hydroxyl groups is 1. The molecule has 1 aromatic carbocycles. The van der Waals surface area contributed by atoms with E-state index in [1.54, 1.807) is 19.1 Å². The van der Waals surface area contributed by atoms with Crippen molar-refractivity contribution in [2.75, 3.05) is 6.54 Å². The predicted octanol–water partition coefficient (Wildman–Crippen LogP) is 0.211. The normalized spacial score (nSPS) is 11.6. The molecule has 1 atom stereocenters. The molecule has 0 heterocycles. The highest BCUT2D eigenvalue weighted by Crippen LogP contribution is 2.17. The number of carbonyl (C=O) groups excluding carboxylic acids is 1. The van der Waals surface area contributed by atoms with Crippen LogP contribution in [0.25, 0.3) is 0 Å². The highest BCUT2D eigenvalue weighted by Gasteiger charge is 2.14. The lowest BCUT2D eigenvalue weighted by Gasteiger charge is -2.11. The maximum absolute atomic E-state index is 11.6. The zero-order valence-corrected chi connectivity index (χ0v) is 9.46. The van der Waals surface area contributed by atoms with Gasteiger partial charge in [0, 0.05) is 0 Å². The van der Waals surface area contributed by atoms with E-state index >= 15 is 0 Å². The van der Waals surface area contributed by atoms with Gasteiger partial charge in [0.25, 0.3) is 0 Å². The molecule has 92 valence electrons. The van der Waals surface area contributed by atoms with Crippen molar-refractivity contribution in [2.24, 2.45) is 16.5 Å². The number of guanidine groups is 1. The van der Waals surface area contributed by atoms with Crippen LogP contribution in [0.5, 0.6) is 5.75 Å². The van der Waals surface area contributed by atoms with Crippen molar-refractivity contribution in [3.63, 3.8) is 0 Å². The highest BCUT2D eigenvalue weighted by atomic mass is 16.5. The summed E-state index contributed by atoms with van der Waals surface area (Å²) in [7, 11) is 0. The second kappa shape index (κ2) is 5.74. The first kappa shape index (κ1) is 12.8. The van der Waals surface area contributed by atoms with E-state index in [-0.39, 0.29) is 23.8 Å². The van der Waals surface area contributed by atoms with Crippen LogP contribution in [0.4, 0.5) is 0 Å². The lowest BCUT2D eigenvalue weighted by molar-refractivity contribution is 0.0356. The Bertz CT molecular complexity index is 428. The smallest absolute Gasteiger partial charge is 0.342 e. The summed E-state index contributed by atoms with van der Waals surface area (Å²) >= 11 is 0. The number of para-hydroxylation sites is 1. The molecule has 0 aromatic heterocycles. The van der Waals surface area contributed by atoms with Gasteiger partial charge in [-0.15, -0.1) is 0 Å². The number of phenolic OH excluding ortho intramolecular Hbond substituents is 1. The molecular formula is C11H15N3O3. The van der Waals surface area contributed by atoms with Crippen molar-refractivity contribution in [1.29, 1.82) is 0 Å². The zero-order chi connectivity index (χ0) is 12.8. The van der Waals surface area contributed by atoms with Gasteiger partial charge in [-0.1, -0.05) is 12.1 Å². The van der Waals surface area contributed by atoms with E-state index in [0.717, 1.165) is 0 Å². The lowest BCUT2D eigenvalue weighted by Crippen LogP contribution is -2.26. The van der Waals surface area contributed by atoms with E-state index < -0.39 is 12.1 Å². The maximum Gasteiger partial charge on any atom is 0.342 e. The summed E-state index contributed by atoms with van der Waals surface area (Å²) in [6, 6.07) is 6.15. The fourth-order valence-corrected chi connectivity index (χ4v) is 1.16. The number of carbonyl (C=O) groups is 1. The monoisotopic (exact) mass is 237 g/mol. The molecule has 6 nitrogen and oxygen atoms in total. The first-order valence-corrected chi connectivity index (χ1v) is 5.05. The number of aliphatic imine (C=N–C) groups is 1. The Hall–Kier alpha value is -2.24. The van der Waals surface area contributed by atoms with Gasteiger partial charge in [-0.05, 0) is 19.1 Å². The molecular weight excluding hydrogens is 222 g/mol. The quantitative estimate of drug-likeness (QED) is 0.394. The third-order valence-electron chi connectivity index (χ3n) is 1.96. The van der Waals surface area contributed by atoms with Gasteiger partial charge in [-0.2, -0.15) is 0 Å². The number of hydrogen-bond acceptors (Lipinski definition) is 4. The topological polar surface area (TPSA) is 111 Å². The molecule has 0 spiro atoms. The number of phenols is 1. The number of rotatable bonds is 4. The Balaban J connectivity index is 2.61. The number of nitrogens with two attached hydrogens (primary N) is 2. The lowest BCUT2D eigenvalue weighted by atomic mass is 10.2. The van der Waals surface area contributed by atoms with E-state index in [4.69, 9.17) is 16.2 Å². The van der Waals surface area contributed by atoms with Gasteiger partial charge in [0.2, 0.25) is 0 Å². The number of benzene rings is 1. The molecule has 5 N–H and O–H groups in total. The SMILES string of the molecule is CC(CN=C(N)N)OC(=O)c1ccccc1O. The number of esters is 1. The Morgan fingerprint density at radius 1 is 1.47 bits per heavy atom. The second-order valence-corrected chi connectivity index (χ2v) is 3.50. The van der Waals surface area contributed by atoms with Crippen molar-refractivity contribution in [1.82, 2.24) is 0 Å². The molecule has 0 aliphatic heterocycles. The van der Waals surface area contributed by atoms with Gasteiger partial charge in [0.05, 0.1) is 6.54 Å². The standard InChI is InChI=1S/C11H15N3O3/c1-7(6-14-11(12)13)17-10(16)8-4-2-3-5-9(8)15/h2-5,7,15H,6H2,1H3,(H4,12,13,14). The average molecular weight is 237 g/mol. The predicted molar refractivity (Wildman–Crippen MR) is 63.7 cm³/mol. The van der Waals surface area contributed by atoms with Crippen molar-refractivity contribution >= 4 is 11.9 Å². The summed E-state index contributed by atoms with van der Waals surface area (Å²) in [5, 5.41) is 9.44. The van der Waals surface area contributed by atoms with Gasteiger partial charge in [-0.25, -0.2) is 9.79 Å². The van der Waals surface area contributed by atoms with Gasteiger partial charge in [-0.3, -0.25) is 0 Å². The van der Waals surface area contributed by atoms with E-state index in [1.807, 2.05) is 0 Å². The van der Waals surface area contributed by atoms with Crippen LogP contribution in [0, 0.1) is 0 Å². The van der Waals surface area contributed by atoms with Crippen molar-refractivity contribution in [3.8, 4) is 5.75 Å².